The van der Waals surface area contributed by atoms with Crippen LogP contribution in [0.25, 0.3) is 0 Å². The monoisotopic (exact) mass is 244 g/mol. The predicted octanol–water partition coefficient (Wildman–Crippen LogP) is 1.92. The Bertz CT molecular complexity index is 473. The highest BCUT2D eigenvalue weighted by molar-refractivity contribution is 6.31. The zero-order valence-electron chi connectivity index (χ0n) is 7.75. The van der Waals surface area contributed by atoms with Crippen LogP contribution in [0, 0.1) is 20.2 Å². The molecule has 0 atom stereocenters. The molecule has 0 radical (unpaired) electrons. The molecule has 0 aliphatic rings. The summed E-state index contributed by atoms with van der Waals surface area (Å²) in [5, 5.41) is 21.0. The second kappa shape index (κ2) is 4.67. The Morgan fingerprint density at radius 3 is 2.31 bits per heavy atom. The molecule has 1 aromatic carbocycles. The number of hydrogen-bond acceptors (Lipinski definition) is 5. The summed E-state index contributed by atoms with van der Waals surface area (Å²) in [6.07, 6.45) is 0. The molecule has 0 fully saturated rings. The number of nitrogens with zero attached hydrogens (tertiary/aromatic N) is 2. The molecule has 0 saturated heterocycles. The molecule has 0 aromatic heterocycles. The summed E-state index contributed by atoms with van der Waals surface area (Å²) in [7, 11) is 0. The molecule has 1 aromatic rings. The summed E-state index contributed by atoms with van der Waals surface area (Å²) in [4.78, 5) is 30.6. The van der Waals surface area contributed by atoms with Crippen LogP contribution in [0.5, 0.6) is 0 Å². The summed E-state index contributed by atoms with van der Waals surface area (Å²) < 4.78 is 0. The molecule has 0 amide bonds. The maximum atomic E-state index is 11.2. The number of hydrogen-bond donors (Lipinski definition) is 0. The van der Waals surface area contributed by atoms with Crippen LogP contribution in [-0.2, 0) is 0 Å². The van der Waals surface area contributed by atoms with Crippen molar-refractivity contribution in [2.75, 3.05) is 5.88 Å². The highest BCUT2D eigenvalue weighted by atomic mass is 35.5. The van der Waals surface area contributed by atoms with Gasteiger partial charge in [-0.05, 0) is 6.07 Å². The number of rotatable bonds is 4. The average Bonchev–Trinajstić information content (AvgIpc) is 2.26. The standard InChI is InChI=1S/C8H5ClN2O5/c9-4-8(12)6-2-1-5(10(13)14)3-7(6)11(15)16/h1-3H,4H2. The third-order valence-electron chi connectivity index (χ3n) is 1.81. The molecule has 0 aliphatic heterocycles. The number of Topliss-reactive ketones (excluding diaryl/α,β-unsaturated/α-hetero) is 1. The summed E-state index contributed by atoms with van der Waals surface area (Å²) in [5.41, 5.74) is -1.29. The minimum absolute atomic E-state index is 0.231. The molecule has 8 heteroatoms. The van der Waals surface area contributed by atoms with Gasteiger partial charge in [0.1, 0.15) is 0 Å². The Balaban J connectivity index is 3.36. The number of nitro groups is 2. The van der Waals surface area contributed by atoms with Gasteiger partial charge in [-0.3, -0.25) is 25.0 Å². The molecule has 0 unspecified atom stereocenters. The van der Waals surface area contributed by atoms with Crippen LogP contribution >= 0.6 is 11.6 Å². The van der Waals surface area contributed by atoms with Gasteiger partial charge in [-0.2, -0.15) is 0 Å². The Morgan fingerprint density at radius 1 is 1.25 bits per heavy atom. The molecule has 84 valence electrons. The van der Waals surface area contributed by atoms with Crippen molar-refractivity contribution in [1.82, 2.24) is 0 Å². The van der Waals surface area contributed by atoms with E-state index in [-0.39, 0.29) is 5.56 Å². The number of nitro benzene ring substituents is 2. The van der Waals surface area contributed by atoms with E-state index in [0.29, 0.717) is 0 Å². The number of alkyl halides is 1. The summed E-state index contributed by atoms with van der Waals surface area (Å²) in [5.74, 6) is -1.07. The van der Waals surface area contributed by atoms with Crippen molar-refractivity contribution in [2.45, 2.75) is 0 Å². The first-order valence-electron chi connectivity index (χ1n) is 3.99. The molecule has 0 aliphatic carbocycles. The van der Waals surface area contributed by atoms with Crippen LogP contribution in [-0.4, -0.2) is 21.5 Å². The normalized spacial score (nSPS) is 9.81. The van der Waals surface area contributed by atoms with Gasteiger partial charge >= 0.3 is 0 Å². The van der Waals surface area contributed by atoms with Gasteiger partial charge in [0.05, 0.1) is 27.4 Å². The van der Waals surface area contributed by atoms with Gasteiger partial charge in [0.15, 0.2) is 5.78 Å². The quantitative estimate of drug-likeness (QED) is 0.348. The Morgan fingerprint density at radius 2 is 1.88 bits per heavy atom. The summed E-state index contributed by atoms with van der Waals surface area (Å²) in [6, 6.07) is 2.79. The van der Waals surface area contributed by atoms with Crippen molar-refractivity contribution >= 4 is 28.8 Å². The van der Waals surface area contributed by atoms with E-state index in [9.17, 15) is 25.0 Å². The van der Waals surface area contributed by atoms with Gasteiger partial charge in [0.25, 0.3) is 11.4 Å². The van der Waals surface area contributed by atoms with Gasteiger partial charge < -0.3 is 0 Å². The Kier molecular flexibility index (Phi) is 3.51. The first-order chi connectivity index (χ1) is 7.47. The molecule has 0 N–H and O–H groups in total. The lowest BCUT2D eigenvalue weighted by atomic mass is 10.1. The van der Waals surface area contributed by atoms with E-state index in [1.807, 2.05) is 0 Å². The zero-order valence-corrected chi connectivity index (χ0v) is 8.51. The summed E-state index contributed by atoms with van der Waals surface area (Å²) >= 11 is 5.26. The van der Waals surface area contributed by atoms with Gasteiger partial charge in [0, 0.05) is 6.07 Å². The van der Waals surface area contributed by atoms with Crippen molar-refractivity contribution < 1.29 is 14.6 Å². The van der Waals surface area contributed by atoms with Gasteiger partial charge in [0.2, 0.25) is 0 Å². The Hall–Kier alpha value is -2.02. The van der Waals surface area contributed by atoms with E-state index in [2.05, 4.69) is 0 Å². The molecular weight excluding hydrogens is 240 g/mol. The van der Waals surface area contributed by atoms with Gasteiger partial charge in [-0.1, -0.05) is 0 Å². The molecule has 1 rings (SSSR count). The average molecular weight is 245 g/mol. The van der Waals surface area contributed by atoms with Crippen LogP contribution in [0.3, 0.4) is 0 Å². The van der Waals surface area contributed by atoms with E-state index in [1.54, 1.807) is 0 Å². The first-order valence-corrected chi connectivity index (χ1v) is 4.53. The van der Waals surface area contributed by atoms with Crippen LogP contribution in [0.4, 0.5) is 11.4 Å². The number of non-ortho nitro benzene ring substituents is 1. The zero-order chi connectivity index (χ0) is 12.3. The van der Waals surface area contributed by atoms with E-state index < -0.39 is 32.9 Å². The van der Waals surface area contributed by atoms with Crippen molar-refractivity contribution in [1.29, 1.82) is 0 Å². The van der Waals surface area contributed by atoms with Crippen LogP contribution in [0.1, 0.15) is 10.4 Å². The number of carbonyl (C=O) groups excluding carboxylic acids is 1. The number of halogens is 1. The fourth-order valence-corrected chi connectivity index (χ4v) is 1.24. The summed E-state index contributed by atoms with van der Waals surface area (Å²) in [6.45, 7) is 0. The highest BCUT2D eigenvalue weighted by Crippen LogP contribution is 2.25. The molecule has 7 nitrogen and oxygen atoms in total. The fraction of sp³-hybridized carbons (Fsp3) is 0.125. The number of ketones is 1. The fourth-order valence-electron chi connectivity index (χ4n) is 1.09. The smallest absolute Gasteiger partial charge is 0.287 e. The highest BCUT2D eigenvalue weighted by Gasteiger charge is 2.23. The minimum atomic E-state index is -0.854. The van der Waals surface area contributed by atoms with E-state index in [1.165, 1.54) is 0 Å². The van der Waals surface area contributed by atoms with Crippen LogP contribution < -0.4 is 0 Å². The van der Waals surface area contributed by atoms with Crippen LogP contribution in [0.2, 0.25) is 0 Å². The SMILES string of the molecule is O=C(CCl)c1ccc([N+](=O)[O-])cc1[N+](=O)[O-]. The lowest BCUT2D eigenvalue weighted by Crippen LogP contribution is -2.05. The second-order valence-electron chi connectivity index (χ2n) is 2.77. The third kappa shape index (κ3) is 2.31. The molecule has 16 heavy (non-hydrogen) atoms. The lowest BCUT2D eigenvalue weighted by molar-refractivity contribution is -0.394. The van der Waals surface area contributed by atoms with E-state index in [4.69, 9.17) is 11.6 Å². The van der Waals surface area contributed by atoms with Crippen LogP contribution in [0.15, 0.2) is 18.2 Å². The van der Waals surface area contributed by atoms with Gasteiger partial charge in [-0.25, -0.2) is 0 Å². The largest absolute Gasteiger partial charge is 0.293 e. The van der Waals surface area contributed by atoms with E-state index in [0.717, 1.165) is 18.2 Å². The van der Waals surface area contributed by atoms with Crippen molar-refractivity contribution in [2.24, 2.45) is 0 Å². The first kappa shape index (κ1) is 12.1. The van der Waals surface area contributed by atoms with E-state index >= 15 is 0 Å². The predicted molar refractivity (Wildman–Crippen MR) is 54.8 cm³/mol. The number of carbonyl (C=O) groups is 1. The molecule has 0 bridgehead atoms. The topological polar surface area (TPSA) is 103 Å². The molecule has 0 heterocycles. The Labute approximate surface area is 93.9 Å². The minimum Gasteiger partial charge on any atom is -0.293 e. The van der Waals surface area contributed by atoms with Crippen molar-refractivity contribution in [3.63, 3.8) is 0 Å². The second-order valence-corrected chi connectivity index (χ2v) is 3.04. The molecule has 0 saturated carbocycles. The molecular formula is C8H5ClN2O5. The van der Waals surface area contributed by atoms with Gasteiger partial charge in [-0.15, -0.1) is 11.6 Å². The molecule has 0 spiro atoms. The number of benzene rings is 1. The lowest BCUT2D eigenvalue weighted by Gasteiger charge is -1.99. The maximum absolute atomic E-state index is 11.2. The third-order valence-corrected chi connectivity index (χ3v) is 2.05. The van der Waals surface area contributed by atoms with Crippen molar-refractivity contribution in [3.05, 3.63) is 44.0 Å². The van der Waals surface area contributed by atoms with Crippen molar-refractivity contribution in [3.8, 4) is 0 Å². The maximum Gasteiger partial charge on any atom is 0.287 e.